The molecule has 3 rings (SSSR count). The number of anilines is 1. The molecule has 2 heterocycles. The molecule has 0 radical (unpaired) electrons. The maximum Gasteiger partial charge on any atom is 0.273 e. The fourth-order valence-corrected chi connectivity index (χ4v) is 3.07. The molecule has 0 saturated carbocycles. The number of halogens is 1. The summed E-state index contributed by atoms with van der Waals surface area (Å²) in [5.41, 5.74) is 1.25. The topological polar surface area (TPSA) is 63.6 Å². The smallest absolute Gasteiger partial charge is 0.273 e. The van der Waals surface area contributed by atoms with E-state index in [0.29, 0.717) is 22.3 Å². The number of nitrogens with one attached hydrogen (secondary N) is 1. The second-order valence-corrected chi connectivity index (χ2v) is 6.53. The maximum absolute atomic E-state index is 12.4. The van der Waals surface area contributed by atoms with E-state index in [1.54, 1.807) is 13.0 Å². The van der Waals surface area contributed by atoms with Gasteiger partial charge in [0.25, 0.3) is 5.91 Å². The van der Waals surface area contributed by atoms with Crippen LogP contribution in [0.3, 0.4) is 0 Å². The second kappa shape index (κ2) is 5.70. The molecule has 0 aliphatic carbocycles. The number of nitrogens with zero attached hydrogens (tertiary/aromatic N) is 2. The minimum atomic E-state index is -1.06. The summed E-state index contributed by atoms with van der Waals surface area (Å²) in [5, 5.41) is 9.83. The van der Waals surface area contributed by atoms with Crippen LogP contribution in [0.25, 0.3) is 0 Å². The minimum Gasteiger partial charge on any atom is -0.379 e. The number of thiazole rings is 1. The SMILES string of the molecule is Cc1csc(NC(=O)[C@@]2(C)CC(c3ccccc3Cl)=NO2)n1. The molecule has 1 aliphatic rings. The quantitative estimate of drug-likeness (QED) is 0.931. The van der Waals surface area contributed by atoms with Gasteiger partial charge in [-0.2, -0.15) is 0 Å². The molecule has 1 aliphatic heterocycles. The van der Waals surface area contributed by atoms with E-state index in [1.165, 1.54) is 11.3 Å². The number of carbonyl (C=O) groups is 1. The highest BCUT2D eigenvalue weighted by molar-refractivity contribution is 7.13. The van der Waals surface area contributed by atoms with Crippen molar-refractivity contribution >= 4 is 39.7 Å². The average Bonchev–Trinajstić information content (AvgIpc) is 3.07. The average molecular weight is 336 g/mol. The Morgan fingerprint density at radius 1 is 1.45 bits per heavy atom. The number of hydrogen-bond acceptors (Lipinski definition) is 5. The van der Waals surface area contributed by atoms with E-state index in [-0.39, 0.29) is 5.91 Å². The van der Waals surface area contributed by atoms with E-state index in [1.807, 2.05) is 30.5 Å². The lowest BCUT2D eigenvalue weighted by molar-refractivity contribution is -0.135. The Morgan fingerprint density at radius 2 is 2.23 bits per heavy atom. The van der Waals surface area contributed by atoms with Crippen molar-refractivity contribution in [3.63, 3.8) is 0 Å². The summed E-state index contributed by atoms with van der Waals surface area (Å²) in [6, 6.07) is 7.36. The molecule has 0 bridgehead atoms. The van der Waals surface area contributed by atoms with Gasteiger partial charge in [0.05, 0.1) is 11.4 Å². The molecule has 0 fully saturated rings. The number of aryl methyl sites for hydroxylation is 1. The lowest BCUT2D eigenvalue weighted by Gasteiger charge is -2.19. The van der Waals surface area contributed by atoms with Gasteiger partial charge in [0.15, 0.2) is 5.13 Å². The Bertz CT molecular complexity index is 759. The van der Waals surface area contributed by atoms with Gasteiger partial charge in [-0.25, -0.2) is 4.98 Å². The highest BCUT2D eigenvalue weighted by atomic mass is 35.5. The molecule has 1 aromatic heterocycles. The Balaban J connectivity index is 1.74. The first-order valence-electron chi connectivity index (χ1n) is 6.71. The van der Waals surface area contributed by atoms with Crippen LogP contribution in [0.2, 0.25) is 5.02 Å². The van der Waals surface area contributed by atoms with Gasteiger partial charge < -0.3 is 4.84 Å². The van der Waals surface area contributed by atoms with Crippen LogP contribution in [-0.4, -0.2) is 22.2 Å². The van der Waals surface area contributed by atoms with Gasteiger partial charge >= 0.3 is 0 Å². The highest BCUT2D eigenvalue weighted by Crippen LogP contribution is 2.30. The number of rotatable bonds is 3. The van der Waals surface area contributed by atoms with Crippen molar-refractivity contribution in [1.82, 2.24) is 4.98 Å². The molecule has 1 amide bonds. The fourth-order valence-electron chi connectivity index (χ4n) is 2.14. The molecular weight excluding hydrogens is 322 g/mol. The summed E-state index contributed by atoms with van der Waals surface area (Å²) in [4.78, 5) is 22.0. The molecular formula is C15H14ClN3O2S. The molecule has 1 N–H and O–H groups in total. The van der Waals surface area contributed by atoms with Crippen LogP contribution in [0.5, 0.6) is 0 Å². The third-order valence-electron chi connectivity index (χ3n) is 3.37. The zero-order valence-electron chi connectivity index (χ0n) is 12.1. The number of aromatic nitrogens is 1. The van der Waals surface area contributed by atoms with E-state index in [2.05, 4.69) is 15.5 Å². The lowest BCUT2D eigenvalue weighted by atomic mass is 9.95. The summed E-state index contributed by atoms with van der Waals surface area (Å²) in [7, 11) is 0. The summed E-state index contributed by atoms with van der Waals surface area (Å²) >= 11 is 7.54. The van der Waals surface area contributed by atoms with Crippen molar-refractivity contribution < 1.29 is 9.63 Å². The lowest BCUT2D eigenvalue weighted by Crippen LogP contribution is -2.40. The molecule has 2 aromatic rings. The van der Waals surface area contributed by atoms with E-state index >= 15 is 0 Å². The molecule has 0 spiro atoms. The van der Waals surface area contributed by atoms with Crippen molar-refractivity contribution in [3.8, 4) is 0 Å². The van der Waals surface area contributed by atoms with Crippen molar-refractivity contribution in [2.24, 2.45) is 5.16 Å². The van der Waals surface area contributed by atoms with Crippen LogP contribution in [0.15, 0.2) is 34.8 Å². The maximum atomic E-state index is 12.4. The Labute approximate surface area is 137 Å². The first kappa shape index (κ1) is 15.0. The van der Waals surface area contributed by atoms with Gasteiger partial charge in [-0.3, -0.25) is 10.1 Å². The zero-order valence-corrected chi connectivity index (χ0v) is 13.7. The summed E-state index contributed by atoms with van der Waals surface area (Å²) in [5.74, 6) is -0.271. The molecule has 1 atom stereocenters. The van der Waals surface area contributed by atoms with Crippen molar-refractivity contribution in [2.75, 3.05) is 5.32 Å². The summed E-state index contributed by atoms with van der Waals surface area (Å²) in [6.07, 6.45) is 0.354. The van der Waals surface area contributed by atoms with Crippen molar-refractivity contribution in [1.29, 1.82) is 0 Å². The summed E-state index contributed by atoms with van der Waals surface area (Å²) < 4.78 is 0. The van der Waals surface area contributed by atoms with Gasteiger partial charge in [0, 0.05) is 22.4 Å². The molecule has 114 valence electrons. The molecule has 22 heavy (non-hydrogen) atoms. The van der Waals surface area contributed by atoms with Crippen LogP contribution in [0.1, 0.15) is 24.6 Å². The van der Waals surface area contributed by atoms with Gasteiger partial charge in [0.2, 0.25) is 5.60 Å². The largest absolute Gasteiger partial charge is 0.379 e. The predicted molar refractivity (Wildman–Crippen MR) is 87.6 cm³/mol. The van der Waals surface area contributed by atoms with Crippen LogP contribution >= 0.6 is 22.9 Å². The van der Waals surface area contributed by atoms with Crippen molar-refractivity contribution in [2.45, 2.75) is 25.9 Å². The first-order valence-corrected chi connectivity index (χ1v) is 7.97. The van der Waals surface area contributed by atoms with Gasteiger partial charge in [-0.05, 0) is 19.9 Å². The van der Waals surface area contributed by atoms with Crippen LogP contribution < -0.4 is 5.32 Å². The number of carbonyl (C=O) groups excluding carboxylic acids is 1. The Morgan fingerprint density at radius 3 is 2.91 bits per heavy atom. The molecule has 1 aromatic carbocycles. The Hall–Kier alpha value is -1.92. The molecule has 7 heteroatoms. The number of hydrogen-bond donors (Lipinski definition) is 1. The van der Waals surface area contributed by atoms with E-state index in [0.717, 1.165) is 11.3 Å². The summed E-state index contributed by atoms with van der Waals surface area (Å²) in [6.45, 7) is 3.58. The predicted octanol–water partition coefficient (Wildman–Crippen LogP) is 3.63. The number of oxime groups is 1. The monoisotopic (exact) mass is 335 g/mol. The zero-order chi connectivity index (χ0) is 15.7. The third kappa shape index (κ3) is 2.84. The van der Waals surface area contributed by atoms with Crippen molar-refractivity contribution in [3.05, 3.63) is 45.9 Å². The number of amides is 1. The van der Waals surface area contributed by atoms with Crippen LogP contribution in [0, 0.1) is 6.92 Å². The van der Waals surface area contributed by atoms with Gasteiger partial charge in [-0.15, -0.1) is 11.3 Å². The standard InChI is InChI=1S/C15H14ClN3O2S/c1-9-8-22-14(17-9)18-13(20)15(2)7-12(19-21-15)10-5-3-4-6-11(10)16/h3-6,8H,7H2,1-2H3,(H,17,18,20)/t15-/m1/s1. The second-order valence-electron chi connectivity index (χ2n) is 5.26. The van der Waals surface area contributed by atoms with E-state index in [4.69, 9.17) is 16.4 Å². The third-order valence-corrected chi connectivity index (χ3v) is 4.57. The normalized spacial score (nSPS) is 20.4. The first-order chi connectivity index (χ1) is 10.5. The van der Waals surface area contributed by atoms with E-state index in [9.17, 15) is 4.79 Å². The van der Waals surface area contributed by atoms with Crippen LogP contribution in [-0.2, 0) is 9.63 Å². The van der Waals surface area contributed by atoms with Gasteiger partial charge in [-0.1, -0.05) is 35.0 Å². The molecule has 0 saturated heterocycles. The van der Waals surface area contributed by atoms with Crippen LogP contribution in [0.4, 0.5) is 5.13 Å². The minimum absolute atomic E-state index is 0.271. The Kier molecular flexibility index (Phi) is 3.88. The van der Waals surface area contributed by atoms with Gasteiger partial charge in [0.1, 0.15) is 0 Å². The van der Waals surface area contributed by atoms with E-state index < -0.39 is 5.60 Å². The number of benzene rings is 1. The molecule has 0 unspecified atom stereocenters. The molecule has 5 nitrogen and oxygen atoms in total. The highest BCUT2D eigenvalue weighted by Gasteiger charge is 2.42. The fraction of sp³-hybridized carbons (Fsp3) is 0.267.